The van der Waals surface area contributed by atoms with Crippen LogP contribution in [0.25, 0.3) is 0 Å². The average Bonchev–Trinajstić information content (AvgIpc) is 2.16. The number of rotatable bonds is 5. The van der Waals surface area contributed by atoms with E-state index in [1.807, 2.05) is 13.0 Å². The monoisotopic (exact) mass is 217 g/mol. The molecule has 88 valence electrons. The standard InChI is InChI=1S/C15H23N/c1-5-6-11(2)15-8-7-14(9-12(15)3)10-13(4)16/h5,7-9,11,13H,1,6,10,16H2,2-4H3. The van der Waals surface area contributed by atoms with Crippen molar-refractivity contribution in [3.8, 4) is 0 Å². The van der Waals surface area contributed by atoms with Crippen LogP contribution < -0.4 is 5.73 Å². The molecule has 0 bridgehead atoms. The molecule has 1 aromatic rings. The molecule has 2 atom stereocenters. The van der Waals surface area contributed by atoms with Gasteiger partial charge in [0.25, 0.3) is 0 Å². The number of allylic oxidation sites excluding steroid dienone is 1. The zero-order valence-electron chi connectivity index (χ0n) is 10.7. The van der Waals surface area contributed by atoms with Gasteiger partial charge in [0, 0.05) is 6.04 Å². The van der Waals surface area contributed by atoms with E-state index in [0.29, 0.717) is 5.92 Å². The lowest BCUT2D eigenvalue weighted by molar-refractivity contribution is 0.733. The maximum atomic E-state index is 5.81. The Morgan fingerprint density at radius 2 is 2.06 bits per heavy atom. The number of hydrogen-bond donors (Lipinski definition) is 1. The molecule has 0 fully saturated rings. The van der Waals surface area contributed by atoms with E-state index in [9.17, 15) is 0 Å². The van der Waals surface area contributed by atoms with Gasteiger partial charge in [-0.05, 0) is 49.3 Å². The van der Waals surface area contributed by atoms with Gasteiger partial charge in [-0.15, -0.1) is 6.58 Å². The maximum absolute atomic E-state index is 5.81. The highest BCUT2D eigenvalue weighted by atomic mass is 14.6. The van der Waals surface area contributed by atoms with Crippen LogP contribution in [0.3, 0.4) is 0 Å². The van der Waals surface area contributed by atoms with Crippen molar-refractivity contribution < 1.29 is 0 Å². The lowest BCUT2D eigenvalue weighted by atomic mass is 9.91. The molecule has 0 aliphatic carbocycles. The largest absolute Gasteiger partial charge is 0.328 e. The summed E-state index contributed by atoms with van der Waals surface area (Å²) in [6, 6.07) is 6.93. The highest BCUT2D eigenvalue weighted by Gasteiger charge is 2.08. The minimum atomic E-state index is 0.232. The molecule has 0 aliphatic heterocycles. The zero-order valence-corrected chi connectivity index (χ0v) is 10.7. The predicted octanol–water partition coefficient (Wildman–Crippen LogP) is 3.56. The summed E-state index contributed by atoms with van der Waals surface area (Å²) in [7, 11) is 0. The van der Waals surface area contributed by atoms with Crippen molar-refractivity contribution in [3.05, 3.63) is 47.5 Å². The van der Waals surface area contributed by atoms with E-state index >= 15 is 0 Å². The summed E-state index contributed by atoms with van der Waals surface area (Å²) in [4.78, 5) is 0. The quantitative estimate of drug-likeness (QED) is 0.750. The van der Waals surface area contributed by atoms with E-state index in [4.69, 9.17) is 5.73 Å². The lowest BCUT2D eigenvalue weighted by Crippen LogP contribution is -2.17. The first kappa shape index (κ1) is 13.0. The Labute approximate surface area is 99.4 Å². The molecule has 1 aromatic carbocycles. The molecule has 2 N–H and O–H groups in total. The first-order chi connectivity index (χ1) is 7.54. The summed E-state index contributed by atoms with van der Waals surface area (Å²) < 4.78 is 0. The van der Waals surface area contributed by atoms with Gasteiger partial charge in [0.2, 0.25) is 0 Å². The predicted molar refractivity (Wildman–Crippen MR) is 71.8 cm³/mol. The SMILES string of the molecule is C=CCC(C)c1ccc(CC(C)N)cc1C. The molecule has 0 spiro atoms. The third kappa shape index (κ3) is 3.49. The number of hydrogen-bond acceptors (Lipinski definition) is 1. The van der Waals surface area contributed by atoms with Crippen molar-refractivity contribution in [2.24, 2.45) is 5.73 Å². The average molecular weight is 217 g/mol. The van der Waals surface area contributed by atoms with Crippen molar-refractivity contribution in [1.82, 2.24) is 0 Å². The molecule has 0 saturated heterocycles. The molecule has 1 nitrogen and oxygen atoms in total. The van der Waals surface area contributed by atoms with Crippen LogP contribution in [0.4, 0.5) is 0 Å². The fraction of sp³-hybridized carbons (Fsp3) is 0.467. The van der Waals surface area contributed by atoms with Crippen molar-refractivity contribution in [2.45, 2.75) is 45.6 Å². The Morgan fingerprint density at radius 1 is 1.38 bits per heavy atom. The zero-order chi connectivity index (χ0) is 12.1. The van der Waals surface area contributed by atoms with E-state index in [2.05, 4.69) is 38.6 Å². The molecule has 0 heterocycles. The van der Waals surface area contributed by atoms with Crippen molar-refractivity contribution in [1.29, 1.82) is 0 Å². The minimum absolute atomic E-state index is 0.232. The fourth-order valence-corrected chi connectivity index (χ4v) is 2.17. The van der Waals surface area contributed by atoms with Crippen LogP contribution in [0.1, 0.15) is 42.9 Å². The van der Waals surface area contributed by atoms with Crippen molar-refractivity contribution in [3.63, 3.8) is 0 Å². The number of aryl methyl sites for hydroxylation is 1. The second kappa shape index (κ2) is 5.86. The molecule has 0 saturated carbocycles. The summed E-state index contributed by atoms with van der Waals surface area (Å²) in [6.45, 7) is 10.3. The molecule has 0 aromatic heterocycles. The fourth-order valence-electron chi connectivity index (χ4n) is 2.17. The van der Waals surface area contributed by atoms with Gasteiger partial charge in [-0.1, -0.05) is 31.2 Å². The van der Waals surface area contributed by atoms with Crippen LogP contribution in [0.15, 0.2) is 30.9 Å². The van der Waals surface area contributed by atoms with Crippen LogP contribution in [0.2, 0.25) is 0 Å². The highest BCUT2D eigenvalue weighted by molar-refractivity contribution is 5.34. The Kier molecular flexibility index (Phi) is 4.75. The smallest absolute Gasteiger partial charge is 0.00509 e. The van der Waals surface area contributed by atoms with Crippen molar-refractivity contribution in [2.75, 3.05) is 0 Å². The van der Waals surface area contributed by atoms with Gasteiger partial charge in [0.1, 0.15) is 0 Å². The normalized spacial score (nSPS) is 14.5. The summed E-state index contributed by atoms with van der Waals surface area (Å²) in [5, 5.41) is 0. The van der Waals surface area contributed by atoms with Crippen LogP contribution >= 0.6 is 0 Å². The molecule has 1 rings (SSSR count). The third-order valence-corrected chi connectivity index (χ3v) is 2.94. The molecule has 16 heavy (non-hydrogen) atoms. The Hall–Kier alpha value is -1.08. The third-order valence-electron chi connectivity index (χ3n) is 2.94. The van der Waals surface area contributed by atoms with Gasteiger partial charge in [-0.25, -0.2) is 0 Å². The molecule has 0 amide bonds. The Morgan fingerprint density at radius 3 is 2.56 bits per heavy atom. The van der Waals surface area contributed by atoms with E-state index in [0.717, 1.165) is 12.8 Å². The molecule has 1 heteroatoms. The second-order valence-corrected chi connectivity index (χ2v) is 4.80. The van der Waals surface area contributed by atoms with Gasteiger partial charge in [-0.3, -0.25) is 0 Å². The van der Waals surface area contributed by atoms with E-state index < -0.39 is 0 Å². The number of benzene rings is 1. The van der Waals surface area contributed by atoms with E-state index in [-0.39, 0.29) is 6.04 Å². The highest BCUT2D eigenvalue weighted by Crippen LogP contribution is 2.24. The maximum Gasteiger partial charge on any atom is 0.00509 e. The summed E-state index contributed by atoms with van der Waals surface area (Å²) in [6.07, 6.45) is 3.98. The van der Waals surface area contributed by atoms with Gasteiger partial charge < -0.3 is 5.73 Å². The first-order valence-corrected chi connectivity index (χ1v) is 6.00. The molecule has 2 unspecified atom stereocenters. The van der Waals surface area contributed by atoms with Gasteiger partial charge >= 0.3 is 0 Å². The summed E-state index contributed by atoms with van der Waals surface area (Å²) in [5.41, 5.74) is 9.93. The van der Waals surface area contributed by atoms with Crippen LogP contribution in [0.5, 0.6) is 0 Å². The van der Waals surface area contributed by atoms with Crippen LogP contribution in [0, 0.1) is 6.92 Å². The topological polar surface area (TPSA) is 26.0 Å². The van der Waals surface area contributed by atoms with Crippen LogP contribution in [-0.4, -0.2) is 6.04 Å². The molecule has 0 radical (unpaired) electrons. The molecule has 0 aliphatic rings. The van der Waals surface area contributed by atoms with E-state index in [1.165, 1.54) is 16.7 Å². The molecular weight excluding hydrogens is 194 g/mol. The minimum Gasteiger partial charge on any atom is -0.328 e. The Balaban J connectivity index is 2.86. The molecular formula is C15H23N. The van der Waals surface area contributed by atoms with Crippen molar-refractivity contribution >= 4 is 0 Å². The van der Waals surface area contributed by atoms with Gasteiger partial charge in [0.15, 0.2) is 0 Å². The first-order valence-electron chi connectivity index (χ1n) is 6.00. The summed E-state index contributed by atoms with van der Waals surface area (Å²) >= 11 is 0. The Bertz CT molecular complexity index is 352. The number of nitrogens with two attached hydrogens (primary N) is 1. The van der Waals surface area contributed by atoms with Gasteiger partial charge in [-0.2, -0.15) is 0 Å². The summed E-state index contributed by atoms with van der Waals surface area (Å²) in [5.74, 6) is 0.557. The van der Waals surface area contributed by atoms with Crippen LogP contribution in [-0.2, 0) is 6.42 Å². The van der Waals surface area contributed by atoms with Gasteiger partial charge in [0.05, 0.1) is 0 Å². The van der Waals surface area contributed by atoms with E-state index in [1.54, 1.807) is 0 Å². The second-order valence-electron chi connectivity index (χ2n) is 4.80. The lowest BCUT2D eigenvalue weighted by Gasteiger charge is -2.14.